The lowest BCUT2D eigenvalue weighted by Gasteiger charge is -2.11. The summed E-state index contributed by atoms with van der Waals surface area (Å²) in [5.41, 5.74) is 4.63. The summed E-state index contributed by atoms with van der Waals surface area (Å²) < 4.78 is 8.05. The molecule has 0 spiro atoms. The number of aromatic nitrogens is 2. The van der Waals surface area contributed by atoms with Gasteiger partial charge in [-0.2, -0.15) is 5.10 Å². The summed E-state index contributed by atoms with van der Waals surface area (Å²) >= 11 is 0. The van der Waals surface area contributed by atoms with Crippen molar-refractivity contribution in [1.29, 1.82) is 0 Å². The number of carbonyl (C=O) groups is 1. The molecule has 0 bridgehead atoms. The number of rotatable bonds is 7. The van der Waals surface area contributed by atoms with Crippen molar-refractivity contribution in [1.82, 2.24) is 9.78 Å². The summed E-state index contributed by atoms with van der Waals surface area (Å²) in [7, 11) is 0. The van der Waals surface area contributed by atoms with E-state index < -0.39 is 0 Å². The van der Waals surface area contributed by atoms with Crippen molar-refractivity contribution in [2.75, 3.05) is 5.32 Å². The minimum absolute atomic E-state index is 0.0404. The Bertz CT molecular complexity index is 1150. The number of anilines is 1. The van der Waals surface area contributed by atoms with Crippen LogP contribution in [0.1, 0.15) is 23.2 Å². The number of carbonyl (C=O) groups excluding carboxylic acids is 1. The number of nitrogens with zero attached hydrogens (tertiary/aromatic N) is 2. The highest BCUT2D eigenvalue weighted by Crippen LogP contribution is 2.31. The molecule has 0 aliphatic heterocycles. The van der Waals surface area contributed by atoms with Crippen LogP contribution in [-0.2, 0) is 11.2 Å². The van der Waals surface area contributed by atoms with Crippen LogP contribution in [0.5, 0.6) is 11.6 Å². The van der Waals surface area contributed by atoms with Crippen LogP contribution in [0.2, 0.25) is 0 Å². The van der Waals surface area contributed by atoms with Crippen LogP contribution in [0.4, 0.5) is 5.69 Å². The van der Waals surface area contributed by atoms with Gasteiger partial charge in [0.25, 0.3) is 0 Å². The quantitative estimate of drug-likeness (QED) is 0.415. The van der Waals surface area contributed by atoms with Crippen LogP contribution in [0.15, 0.2) is 84.9 Å². The SMILES string of the molecule is Cc1ccc(NC(=O)CCc2c(C)nn(-c3ccccc3)c2Oc2ccccc2)cc1. The Morgan fingerprint density at radius 2 is 1.55 bits per heavy atom. The number of aryl methyl sites for hydroxylation is 2. The molecule has 0 aliphatic carbocycles. The summed E-state index contributed by atoms with van der Waals surface area (Å²) in [6.07, 6.45) is 0.860. The standard InChI is InChI=1S/C26H25N3O2/c1-19-13-15-21(16-14-19)27-25(30)18-17-24-20(2)28-29(22-9-5-3-6-10-22)26(24)31-23-11-7-4-8-12-23/h3-16H,17-18H2,1-2H3,(H,27,30). The van der Waals surface area contributed by atoms with Crippen LogP contribution >= 0.6 is 0 Å². The fourth-order valence-electron chi connectivity index (χ4n) is 3.37. The first-order valence-electron chi connectivity index (χ1n) is 10.3. The number of amides is 1. The van der Waals surface area contributed by atoms with Crippen LogP contribution < -0.4 is 10.1 Å². The zero-order chi connectivity index (χ0) is 21.6. The van der Waals surface area contributed by atoms with Crippen LogP contribution in [0.25, 0.3) is 5.69 Å². The van der Waals surface area contributed by atoms with Gasteiger partial charge in [0, 0.05) is 17.7 Å². The van der Waals surface area contributed by atoms with Crippen molar-refractivity contribution in [2.24, 2.45) is 0 Å². The van der Waals surface area contributed by atoms with Crippen molar-refractivity contribution in [3.63, 3.8) is 0 Å². The number of hydrogen-bond acceptors (Lipinski definition) is 3. The molecule has 1 N–H and O–H groups in total. The van der Waals surface area contributed by atoms with Crippen molar-refractivity contribution in [3.05, 3.63) is 102 Å². The van der Waals surface area contributed by atoms with Crippen LogP contribution in [0.3, 0.4) is 0 Å². The van der Waals surface area contributed by atoms with Gasteiger partial charge in [-0.05, 0) is 56.7 Å². The van der Waals surface area contributed by atoms with Gasteiger partial charge >= 0.3 is 0 Å². The lowest BCUT2D eigenvalue weighted by Crippen LogP contribution is -2.12. The van der Waals surface area contributed by atoms with Crippen LogP contribution in [-0.4, -0.2) is 15.7 Å². The van der Waals surface area contributed by atoms with E-state index in [1.54, 1.807) is 4.68 Å². The summed E-state index contributed by atoms with van der Waals surface area (Å²) in [5, 5.41) is 7.67. The Labute approximate surface area is 182 Å². The highest BCUT2D eigenvalue weighted by molar-refractivity contribution is 5.90. The van der Waals surface area contributed by atoms with Crippen molar-refractivity contribution >= 4 is 11.6 Å². The molecule has 1 aromatic heterocycles. The maximum absolute atomic E-state index is 12.5. The molecule has 0 atom stereocenters. The van der Waals surface area contributed by atoms with Crippen molar-refractivity contribution in [3.8, 4) is 17.3 Å². The third kappa shape index (κ3) is 5.01. The van der Waals surface area contributed by atoms with Gasteiger partial charge in [0.1, 0.15) is 5.75 Å². The summed E-state index contributed by atoms with van der Waals surface area (Å²) in [6, 6.07) is 27.3. The maximum Gasteiger partial charge on any atom is 0.226 e. The van der Waals surface area contributed by atoms with Crippen molar-refractivity contribution < 1.29 is 9.53 Å². The predicted octanol–water partition coefficient (Wildman–Crippen LogP) is 5.85. The normalized spacial score (nSPS) is 10.6. The number of nitrogens with one attached hydrogen (secondary N) is 1. The largest absolute Gasteiger partial charge is 0.439 e. The van der Waals surface area contributed by atoms with Gasteiger partial charge in [0.2, 0.25) is 11.8 Å². The zero-order valence-electron chi connectivity index (χ0n) is 17.7. The van der Waals surface area contributed by atoms with E-state index >= 15 is 0 Å². The Hall–Kier alpha value is -3.86. The molecular formula is C26H25N3O2. The van der Waals surface area contributed by atoms with E-state index in [1.165, 1.54) is 0 Å². The first-order valence-corrected chi connectivity index (χ1v) is 10.3. The zero-order valence-corrected chi connectivity index (χ0v) is 17.7. The number of hydrogen-bond donors (Lipinski definition) is 1. The Kier molecular flexibility index (Phi) is 6.13. The lowest BCUT2D eigenvalue weighted by atomic mass is 10.1. The molecule has 5 heteroatoms. The average Bonchev–Trinajstić information content (AvgIpc) is 3.10. The van der Waals surface area contributed by atoms with Gasteiger partial charge < -0.3 is 10.1 Å². The maximum atomic E-state index is 12.5. The molecule has 1 amide bonds. The van der Waals surface area contributed by atoms with Gasteiger partial charge in [0.15, 0.2) is 0 Å². The molecule has 0 saturated heterocycles. The van der Waals surface area contributed by atoms with E-state index in [2.05, 4.69) is 5.32 Å². The van der Waals surface area contributed by atoms with Crippen LogP contribution in [0, 0.1) is 13.8 Å². The van der Waals surface area contributed by atoms with E-state index in [-0.39, 0.29) is 5.91 Å². The first kappa shape index (κ1) is 20.4. The summed E-state index contributed by atoms with van der Waals surface area (Å²) in [6.45, 7) is 3.97. The van der Waals surface area contributed by atoms with Gasteiger partial charge in [0.05, 0.1) is 11.4 Å². The van der Waals surface area contributed by atoms with Crippen molar-refractivity contribution in [2.45, 2.75) is 26.7 Å². The predicted molar refractivity (Wildman–Crippen MR) is 123 cm³/mol. The third-order valence-corrected chi connectivity index (χ3v) is 5.03. The van der Waals surface area contributed by atoms with Gasteiger partial charge in [-0.1, -0.05) is 54.1 Å². The number of ether oxygens (including phenoxy) is 1. The summed E-state index contributed by atoms with van der Waals surface area (Å²) in [5.74, 6) is 1.32. The number of para-hydroxylation sites is 2. The fraction of sp³-hybridized carbons (Fsp3) is 0.154. The van der Waals surface area contributed by atoms with Gasteiger partial charge in [-0.15, -0.1) is 0 Å². The van der Waals surface area contributed by atoms with Gasteiger partial charge in [-0.3, -0.25) is 4.79 Å². The highest BCUT2D eigenvalue weighted by Gasteiger charge is 2.19. The Balaban J connectivity index is 1.58. The molecule has 0 fully saturated rings. The molecule has 0 aliphatic rings. The monoisotopic (exact) mass is 411 g/mol. The van der Waals surface area contributed by atoms with E-state index in [1.807, 2.05) is 98.8 Å². The van der Waals surface area contributed by atoms with E-state index in [4.69, 9.17) is 9.84 Å². The molecule has 1 heterocycles. The van der Waals surface area contributed by atoms with E-state index in [9.17, 15) is 4.79 Å². The number of benzene rings is 3. The molecule has 4 rings (SSSR count). The molecule has 0 radical (unpaired) electrons. The molecule has 3 aromatic carbocycles. The molecular weight excluding hydrogens is 386 g/mol. The average molecular weight is 412 g/mol. The fourth-order valence-corrected chi connectivity index (χ4v) is 3.37. The first-order chi connectivity index (χ1) is 15.1. The van der Waals surface area contributed by atoms with Gasteiger partial charge in [-0.25, -0.2) is 4.68 Å². The Morgan fingerprint density at radius 3 is 2.23 bits per heavy atom. The molecule has 4 aromatic rings. The second kappa shape index (κ2) is 9.30. The molecule has 5 nitrogen and oxygen atoms in total. The molecule has 156 valence electrons. The smallest absolute Gasteiger partial charge is 0.226 e. The van der Waals surface area contributed by atoms with E-state index in [0.29, 0.717) is 18.7 Å². The third-order valence-electron chi connectivity index (χ3n) is 5.03. The second-order valence-corrected chi connectivity index (χ2v) is 7.45. The minimum Gasteiger partial charge on any atom is -0.439 e. The second-order valence-electron chi connectivity index (χ2n) is 7.45. The summed E-state index contributed by atoms with van der Waals surface area (Å²) in [4.78, 5) is 12.5. The topological polar surface area (TPSA) is 56.2 Å². The molecule has 0 saturated carbocycles. The van der Waals surface area contributed by atoms with E-state index in [0.717, 1.165) is 33.9 Å². The Morgan fingerprint density at radius 1 is 0.903 bits per heavy atom. The molecule has 31 heavy (non-hydrogen) atoms. The minimum atomic E-state index is -0.0404. The molecule has 0 unspecified atom stereocenters. The lowest BCUT2D eigenvalue weighted by molar-refractivity contribution is -0.116. The highest BCUT2D eigenvalue weighted by atomic mass is 16.5.